The fraction of sp³-hybridized carbons (Fsp3) is 0.111. The van der Waals surface area contributed by atoms with E-state index in [0.29, 0.717) is 20.7 Å². The van der Waals surface area contributed by atoms with Crippen LogP contribution in [-0.4, -0.2) is 16.0 Å². The number of carbonyl (C=O) groups is 1. The normalized spacial score (nSPS) is 16.8. The van der Waals surface area contributed by atoms with Crippen molar-refractivity contribution < 1.29 is 9.72 Å². The molecule has 2 aromatic rings. The zero-order chi connectivity index (χ0) is 19.7. The van der Waals surface area contributed by atoms with Gasteiger partial charge in [-0.15, -0.1) is 0 Å². The van der Waals surface area contributed by atoms with Crippen molar-refractivity contribution in [2.24, 2.45) is 4.99 Å². The lowest BCUT2D eigenvalue weighted by atomic mass is 10.1. The second-order valence-electron chi connectivity index (χ2n) is 5.84. The number of aliphatic imine (C=N–C) groups is 1. The molecule has 0 aliphatic carbocycles. The van der Waals surface area contributed by atoms with Crippen molar-refractivity contribution >= 4 is 67.8 Å². The van der Waals surface area contributed by atoms with Gasteiger partial charge in [-0.3, -0.25) is 14.9 Å². The zero-order valence-electron chi connectivity index (χ0n) is 14.2. The number of nitrogens with zero attached hydrogens (tertiary/aromatic N) is 2. The van der Waals surface area contributed by atoms with E-state index < -0.39 is 4.92 Å². The van der Waals surface area contributed by atoms with Gasteiger partial charge in [0.15, 0.2) is 5.17 Å². The molecule has 0 unspecified atom stereocenters. The molecule has 0 radical (unpaired) electrons. The molecule has 0 spiro atoms. The Balaban J connectivity index is 1.91. The Morgan fingerprint density at radius 3 is 2.56 bits per heavy atom. The number of aryl methyl sites for hydroxylation is 2. The SMILES string of the molecule is Cc1cc(N=C2NC(=O)/C(=C/c3cc([N+](=O)[O-])ccc3Cl)S2)cc(C)c1Br. The first kappa shape index (κ1) is 19.6. The number of nitrogens with one attached hydrogen (secondary N) is 1. The van der Waals surface area contributed by atoms with E-state index in [2.05, 4.69) is 26.2 Å². The Kier molecular flexibility index (Phi) is 5.69. The first-order chi connectivity index (χ1) is 12.7. The fourth-order valence-electron chi connectivity index (χ4n) is 2.48. The monoisotopic (exact) mass is 465 g/mol. The molecule has 1 fully saturated rings. The minimum Gasteiger partial charge on any atom is -0.300 e. The summed E-state index contributed by atoms with van der Waals surface area (Å²) in [5.74, 6) is -0.327. The summed E-state index contributed by atoms with van der Waals surface area (Å²) in [6, 6.07) is 7.91. The van der Waals surface area contributed by atoms with Crippen LogP contribution in [0.2, 0.25) is 5.02 Å². The van der Waals surface area contributed by atoms with Crippen LogP contribution in [0.3, 0.4) is 0 Å². The Morgan fingerprint density at radius 2 is 1.93 bits per heavy atom. The number of thioether (sulfide) groups is 1. The number of rotatable bonds is 3. The summed E-state index contributed by atoms with van der Waals surface area (Å²) in [7, 11) is 0. The van der Waals surface area contributed by atoms with Crippen LogP contribution in [0.15, 0.2) is 44.7 Å². The molecule has 9 heteroatoms. The van der Waals surface area contributed by atoms with Crippen LogP contribution in [-0.2, 0) is 4.79 Å². The largest absolute Gasteiger partial charge is 0.300 e. The smallest absolute Gasteiger partial charge is 0.270 e. The van der Waals surface area contributed by atoms with E-state index in [4.69, 9.17) is 11.6 Å². The molecule has 0 bridgehead atoms. The van der Waals surface area contributed by atoms with Crippen molar-refractivity contribution in [3.8, 4) is 0 Å². The fourth-order valence-corrected chi connectivity index (χ4v) is 3.72. The molecular weight excluding hydrogens is 454 g/mol. The van der Waals surface area contributed by atoms with Gasteiger partial charge in [0.05, 0.1) is 15.5 Å². The van der Waals surface area contributed by atoms with Gasteiger partial charge in [-0.2, -0.15) is 0 Å². The van der Waals surface area contributed by atoms with Gasteiger partial charge < -0.3 is 5.32 Å². The maximum Gasteiger partial charge on any atom is 0.270 e. The summed E-state index contributed by atoms with van der Waals surface area (Å²) < 4.78 is 1.02. The van der Waals surface area contributed by atoms with Crippen LogP contribution in [0.4, 0.5) is 11.4 Å². The molecule has 1 N–H and O–H groups in total. The highest BCUT2D eigenvalue weighted by Gasteiger charge is 2.24. The second kappa shape index (κ2) is 7.84. The topological polar surface area (TPSA) is 84.6 Å². The van der Waals surface area contributed by atoms with Crippen LogP contribution >= 0.6 is 39.3 Å². The van der Waals surface area contributed by atoms with Crippen LogP contribution < -0.4 is 5.32 Å². The van der Waals surface area contributed by atoms with Gasteiger partial charge >= 0.3 is 0 Å². The quantitative estimate of drug-likeness (QED) is 0.367. The Morgan fingerprint density at radius 1 is 1.26 bits per heavy atom. The van der Waals surface area contributed by atoms with E-state index >= 15 is 0 Å². The summed E-state index contributed by atoms with van der Waals surface area (Å²) >= 11 is 10.8. The Bertz CT molecular complexity index is 1010. The number of carbonyl (C=O) groups excluding carboxylic acids is 1. The van der Waals surface area contributed by atoms with Crippen LogP contribution in [0, 0.1) is 24.0 Å². The van der Waals surface area contributed by atoms with Gasteiger partial charge in [0.1, 0.15) is 0 Å². The van der Waals surface area contributed by atoms with E-state index in [1.807, 2.05) is 26.0 Å². The summed E-state index contributed by atoms with van der Waals surface area (Å²) in [4.78, 5) is 27.5. The molecule has 27 heavy (non-hydrogen) atoms. The van der Waals surface area contributed by atoms with E-state index in [-0.39, 0.29) is 11.6 Å². The molecule has 3 rings (SSSR count). The van der Waals surface area contributed by atoms with Gasteiger partial charge in [-0.25, -0.2) is 4.99 Å². The third-order valence-corrected chi connectivity index (χ3v) is 6.28. The van der Waals surface area contributed by atoms with E-state index in [9.17, 15) is 14.9 Å². The van der Waals surface area contributed by atoms with E-state index in [1.54, 1.807) is 0 Å². The van der Waals surface area contributed by atoms with Crippen molar-refractivity contribution in [3.05, 3.63) is 71.5 Å². The first-order valence-electron chi connectivity index (χ1n) is 7.75. The molecular formula is C18H13BrClN3O3S. The molecule has 1 heterocycles. The van der Waals surface area contributed by atoms with E-state index in [1.165, 1.54) is 24.3 Å². The lowest BCUT2D eigenvalue weighted by molar-refractivity contribution is -0.384. The maximum atomic E-state index is 12.2. The average Bonchev–Trinajstić information content (AvgIpc) is 2.93. The minimum absolute atomic E-state index is 0.0932. The number of amides is 1. The summed E-state index contributed by atoms with van der Waals surface area (Å²) in [6.07, 6.45) is 1.52. The van der Waals surface area contributed by atoms with Gasteiger partial charge in [0.2, 0.25) is 0 Å². The standard InChI is InChI=1S/C18H13BrClN3O3S/c1-9-5-12(6-10(2)16(9)19)21-18-22-17(24)15(27-18)8-11-7-13(23(25)26)3-4-14(11)20/h3-8H,1-2H3,(H,21,22,24)/b15-8-. The van der Waals surface area contributed by atoms with Gasteiger partial charge in [-0.1, -0.05) is 27.5 Å². The van der Waals surface area contributed by atoms with Crippen molar-refractivity contribution in [3.63, 3.8) is 0 Å². The Labute approximate surface area is 173 Å². The lowest BCUT2D eigenvalue weighted by Crippen LogP contribution is -2.19. The molecule has 1 saturated heterocycles. The molecule has 1 aliphatic heterocycles. The van der Waals surface area contributed by atoms with Gasteiger partial charge in [0, 0.05) is 27.2 Å². The summed E-state index contributed by atoms with van der Waals surface area (Å²) in [5.41, 5.74) is 3.13. The summed E-state index contributed by atoms with van der Waals surface area (Å²) in [6.45, 7) is 3.94. The number of hydrogen-bond acceptors (Lipinski definition) is 5. The molecule has 2 aromatic carbocycles. The highest BCUT2D eigenvalue weighted by molar-refractivity contribution is 9.10. The van der Waals surface area contributed by atoms with Gasteiger partial charge in [0.25, 0.3) is 11.6 Å². The van der Waals surface area contributed by atoms with Crippen molar-refractivity contribution in [1.29, 1.82) is 0 Å². The molecule has 1 amide bonds. The third-order valence-electron chi connectivity index (χ3n) is 3.78. The van der Waals surface area contributed by atoms with Crippen molar-refractivity contribution in [1.82, 2.24) is 5.32 Å². The van der Waals surface area contributed by atoms with Crippen molar-refractivity contribution in [2.75, 3.05) is 0 Å². The lowest BCUT2D eigenvalue weighted by Gasteiger charge is -2.04. The number of non-ortho nitro benzene ring substituents is 1. The third kappa shape index (κ3) is 4.40. The average molecular weight is 467 g/mol. The van der Waals surface area contributed by atoms with E-state index in [0.717, 1.165) is 33.0 Å². The number of nitro groups is 1. The summed E-state index contributed by atoms with van der Waals surface area (Å²) in [5, 5.41) is 14.4. The number of nitro benzene ring substituents is 1. The van der Waals surface area contributed by atoms with Crippen molar-refractivity contribution in [2.45, 2.75) is 13.8 Å². The Hall–Kier alpha value is -2.16. The molecule has 138 valence electrons. The second-order valence-corrected chi connectivity index (χ2v) is 8.07. The van der Waals surface area contributed by atoms with Crippen LogP contribution in [0.5, 0.6) is 0 Å². The minimum atomic E-state index is -0.509. The number of benzene rings is 2. The molecule has 6 nitrogen and oxygen atoms in total. The highest BCUT2D eigenvalue weighted by atomic mass is 79.9. The molecule has 1 aliphatic rings. The molecule has 0 saturated carbocycles. The zero-order valence-corrected chi connectivity index (χ0v) is 17.4. The first-order valence-corrected chi connectivity index (χ1v) is 9.73. The molecule has 0 atom stereocenters. The molecule has 0 aromatic heterocycles. The van der Waals surface area contributed by atoms with Crippen LogP contribution in [0.25, 0.3) is 6.08 Å². The van der Waals surface area contributed by atoms with Gasteiger partial charge in [-0.05, 0) is 61.0 Å². The predicted octanol–water partition coefficient (Wildman–Crippen LogP) is 5.52. The van der Waals surface area contributed by atoms with Crippen LogP contribution in [0.1, 0.15) is 16.7 Å². The maximum absolute atomic E-state index is 12.2. The number of halogens is 2. The number of hydrogen-bond donors (Lipinski definition) is 1. The predicted molar refractivity (Wildman–Crippen MR) is 113 cm³/mol. The number of amidine groups is 1. The highest BCUT2D eigenvalue weighted by Crippen LogP contribution is 2.32.